The molecule has 1 saturated heterocycles. The van der Waals surface area contributed by atoms with Gasteiger partial charge >= 0.3 is 0 Å². The van der Waals surface area contributed by atoms with Gasteiger partial charge in [-0.2, -0.15) is 0 Å². The predicted molar refractivity (Wildman–Crippen MR) is 116 cm³/mol. The van der Waals surface area contributed by atoms with Crippen LogP contribution in [0.15, 0.2) is 47.4 Å². The van der Waals surface area contributed by atoms with Gasteiger partial charge in [0.05, 0.1) is 35.9 Å². The molecular formula is C21H27NO6S2. The zero-order valence-corrected chi connectivity index (χ0v) is 18.9. The summed E-state index contributed by atoms with van der Waals surface area (Å²) in [6, 6.07) is 11.4. The van der Waals surface area contributed by atoms with Crippen molar-refractivity contribution in [3.8, 4) is 11.5 Å². The average Bonchev–Trinajstić information content (AvgIpc) is 3.03. The van der Waals surface area contributed by atoms with E-state index in [2.05, 4.69) is 5.32 Å². The topological polar surface area (TPSA) is 98.8 Å². The van der Waals surface area contributed by atoms with E-state index in [-0.39, 0.29) is 16.4 Å². The van der Waals surface area contributed by atoms with Crippen molar-refractivity contribution in [2.75, 3.05) is 32.3 Å². The molecule has 0 aliphatic carbocycles. The van der Waals surface area contributed by atoms with Gasteiger partial charge in [-0.1, -0.05) is 23.8 Å². The van der Waals surface area contributed by atoms with Crippen LogP contribution in [0.2, 0.25) is 0 Å². The standard InChI is InChI=1S/C21H27NO6S2/c1-15-4-7-17(8-5-15)30(25,26)21-14-29(23,24)13-18(21)22-11-10-16-6-9-19(27-2)20(12-16)28-3/h4-9,12,18,21-22H,10-11,13-14H2,1-3H3. The Hall–Kier alpha value is -2.10. The van der Waals surface area contributed by atoms with Crippen molar-refractivity contribution < 1.29 is 26.3 Å². The molecule has 0 radical (unpaired) electrons. The molecular weight excluding hydrogens is 426 g/mol. The van der Waals surface area contributed by atoms with Gasteiger partial charge < -0.3 is 14.8 Å². The maximum absolute atomic E-state index is 13.1. The molecule has 0 saturated carbocycles. The fourth-order valence-electron chi connectivity index (χ4n) is 3.65. The van der Waals surface area contributed by atoms with Gasteiger partial charge in [-0.15, -0.1) is 0 Å². The van der Waals surface area contributed by atoms with E-state index in [4.69, 9.17) is 9.47 Å². The molecule has 2 atom stereocenters. The molecule has 0 amide bonds. The van der Waals surface area contributed by atoms with Crippen molar-refractivity contribution in [3.05, 3.63) is 53.6 Å². The third-order valence-corrected chi connectivity index (χ3v) is 9.48. The maximum atomic E-state index is 13.1. The van der Waals surface area contributed by atoms with E-state index in [1.54, 1.807) is 32.4 Å². The summed E-state index contributed by atoms with van der Waals surface area (Å²) < 4.78 is 61.2. The van der Waals surface area contributed by atoms with Crippen LogP contribution < -0.4 is 14.8 Å². The lowest BCUT2D eigenvalue weighted by Crippen LogP contribution is -2.44. The number of benzene rings is 2. The Morgan fingerprint density at radius 2 is 1.67 bits per heavy atom. The Morgan fingerprint density at radius 1 is 1.00 bits per heavy atom. The highest BCUT2D eigenvalue weighted by atomic mass is 32.2. The summed E-state index contributed by atoms with van der Waals surface area (Å²) in [4.78, 5) is 0.155. The minimum Gasteiger partial charge on any atom is -0.493 e. The highest BCUT2D eigenvalue weighted by Crippen LogP contribution is 2.28. The van der Waals surface area contributed by atoms with Crippen LogP contribution in [0.3, 0.4) is 0 Å². The van der Waals surface area contributed by atoms with Gasteiger partial charge in [-0.05, 0) is 49.7 Å². The van der Waals surface area contributed by atoms with Crippen molar-refractivity contribution in [2.24, 2.45) is 0 Å². The summed E-state index contributed by atoms with van der Waals surface area (Å²) in [7, 11) is -4.08. The Bertz CT molecular complexity index is 1090. The van der Waals surface area contributed by atoms with Crippen molar-refractivity contribution in [1.29, 1.82) is 0 Å². The van der Waals surface area contributed by atoms with Gasteiger partial charge in [0.2, 0.25) is 0 Å². The Morgan fingerprint density at radius 3 is 2.30 bits per heavy atom. The largest absolute Gasteiger partial charge is 0.493 e. The van der Waals surface area contributed by atoms with Crippen LogP contribution >= 0.6 is 0 Å². The molecule has 9 heteroatoms. The van der Waals surface area contributed by atoms with E-state index in [9.17, 15) is 16.8 Å². The van der Waals surface area contributed by atoms with Crippen molar-refractivity contribution in [3.63, 3.8) is 0 Å². The van der Waals surface area contributed by atoms with Crippen molar-refractivity contribution in [2.45, 2.75) is 29.5 Å². The summed E-state index contributed by atoms with van der Waals surface area (Å²) in [5.41, 5.74) is 1.91. The lowest BCUT2D eigenvalue weighted by Gasteiger charge is -2.20. The summed E-state index contributed by atoms with van der Waals surface area (Å²) in [6.07, 6.45) is 0.591. The van der Waals surface area contributed by atoms with Crippen LogP contribution in [0, 0.1) is 6.92 Å². The van der Waals surface area contributed by atoms with Crippen molar-refractivity contribution in [1.82, 2.24) is 5.32 Å². The first-order chi connectivity index (χ1) is 14.2. The third kappa shape index (κ3) is 4.96. The number of aryl methyl sites for hydroxylation is 1. The highest BCUT2D eigenvalue weighted by Gasteiger charge is 2.45. The Balaban J connectivity index is 1.73. The first-order valence-electron chi connectivity index (χ1n) is 9.61. The number of nitrogens with one attached hydrogen (secondary N) is 1. The summed E-state index contributed by atoms with van der Waals surface area (Å²) >= 11 is 0. The Kier molecular flexibility index (Phi) is 6.74. The zero-order valence-electron chi connectivity index (χ0n) is 17.3. The van der Waals surface area contributed by atoms with Crippen molar-refractivity contribution >= 4 is 19.7 Å². The SMILES string of the molecule is COc1ccc(CCNC2CS(=O)(=O)CC2S(=O)(=O)c2ccc(C)cc2)cc1OC. The minimum atomic E-state index is -3.77. The maximum Gasteiger partial charge on any atom is 0.183 e. The molecule has 164 valence electrons. The van der Waals surface area contributed by atoms with E-state index in [0.29, 0.717) is 24.5 Å². The second-order valence-corrected chi connectivity index (χ2v) is 11.8. The first-order valence-corrected chi connectivity index (χ1v) is 13.0. The number of sulfone groups is 2. The number of hydrogen-bond donors (Lipinski definition) is 1. The van der Waals surface area contributed by atoms with Crippen LogP contribution in [0.25, 0.3) is 0 Å². The van der Waals surface area contributed by atoms with Crippen LogP contribution in [0.5, 0.6) is 11.5 Å². The molecule has 0 spiro atoms. The molecule has 3 rings (SSSR count). The number of ether oxygens (including phenoxy) is 2. The molecule has 1 fully saturated rings. The number of methoxy groups -OCH3 is 2. The molecule has 0 bridgehead atoms. The molecule has 2 unspecified atom stereocenters. The van der Waals surface area contributed by atoms with Gasteiger partial charge in [0.15, 0.2) is 31.2 Å². The van der Waals surface area contributed by atoms with Gasteiger partial charge in [0, 0.05) is 6.04 Å². The normalized spacial score (nSPS) is 20.8. The minimum absolute atomic E-state index is 0.155. The predicted octanol–water partition coefficient (Wildman–Crippen LogP) is 1.78. The van der Waals surface area contributed by atoms with Crippen LogP contribution in [0.1, 0.15) is 11.1 Å². The molecule has 30 heavy (non-hydrogen) atoms. The second-order valence-electron chi connectivity index (χ2n) is 7.47. The molecule has 2 aromatic rings. The van der Waals surface area contributed by atoms with E-state index in [1.807, 2.05) is 19.1 Å². The number of rotatable bonds is 8. The van der Waals surface area contributed by atoms with E-state index >= 15 is 0 Å². The molecule has 1 N–H and O–H groups in total. The molecule has 1 aliphatic heterocycles. The van der Waals surface area contributed by atoms with E-state index in [0.717, 1.165) is 11.1 Å². The fraction of sp³-hybridized carbons (Fsp3) is 0.429. The summed E-state index contributed by atoms with van der Waals surface area (Å²) in [5.74, 6) is 0.685. The zero-order chi connectivity index (χ0) is 21.9. The molecule has 1 heterocycles. The third-order valence-electron chi connectivity index (χ3n) is 5.32. The summed E-state index contributed by atoms with van der Waals surface area (Å²) in [5, 5.41) is 2.15. The Labute approximate surface area is 178 Å². The molecule has 0 aromatic heterocycles. The van der Waals surface area contributed by atoms with Crippen LogP contribution in [-0.2, 0) is 26.1 Å². The highest BCUT2D eigenvalue weighted by molar-refractivity contribution is 7.96. The van der Waals surface area contributed by atoms with Gasteiger partial charge in [0.1, 0.15) is 0 Å². The lowest BCUT2D eigenvalue weighted by molar-refractivity contribution is 0.354. The van der Waals surface area contributed by atoms with Gasteiger partial charge in [-0.25, -0.2) is 16.8 Å². The molecule has 7 nitrogen and oxygen atoms in total. The van der Waals surface area contributed by atoms with E-state index in [1.165, 1.54) is 12.1 Å². The fourth-order valence-corrected chi connectivity index (χ4v) is 8.37. The van der Waals surface area contributed by atoms with Crippen LogP contribution in [-0.4, -0.2) is 60.4 Å². The first kappa shape index (κ1) is 22.6. The molecule has 1 aliphatic rings. The average molecular weight is 454 g/mol. The molecule has 2 aromatic carbocycles. The summed E-state index contributed by atoms with van der Waals surface area (Å²) in [6.45, 7) is 2.31. The van der Waals surface area contributed by atoms with E-state index < -0.39 is 31.0 Å². The second kappa shape index (κ2) is 8.95. The monoisotopic (exact) mass is 453 g/mol. The quantitative estimate of drug-likeness (QED) is 0.650. The number of hydrogen-bond acceptors (Lipinski definition) is 7. The van der Waals surface area contributed by atoms with Gasteiger partial charge in [-0.3, -0.25) is 0 Å². The lowest BCUT2D eigenvalue weighted by atomic mass is 10.1. The van der Waals surface area contributed by atoms with Gasteiger partial charge in [0.25, 0.3) is 0 Å². The van der Waals surface area contributed by atoms with Crippen LogP contribution in [0.4, 0.5) is 0 Å². The smallest absolute Gasteiger partial charge is 0.183 e.